The summed E-state index contributed by atoms with van der Waals surface area (Å²) in [6.07, 6.45) is 5.71. The molecule has 0 saturated heterocycles. The summed E-state index contributed by atoms with van der Waals surface area (Å²) in [4.78, 5) is 15.6. The highest BCUT2D eigenvalue weighted by Crippen LogP contribution is 2.03. The zero-order valence-corrected chi connectivity index (χ0v) is 10.7. The van der Waals surface area contributed by atoms with Gasteiger partial charge >= 0.3 is 0 Å². The Hall–Kier alpha value is -1.27. The fourth-order valence-electron chi connectivity index (χ4n) is 1.29. The van der Waals surface area contributed by atoms with E-state index in [0.717, 1.165) is 18.6 Å². The van der Waals surface area contributed by atoms with Crippen molar-refractivity contribution in [2.24, 2.45) is 5.84 Å². The number of nitrogens with one attached hydrogen (secondary N) is 2. The number of rotatable bonds is 7. The van der Waals surface area contributed by atoms with Crippen molar-refractivity contribution in [3.8, 4) is 0 Å². The van der Waals surface area contributed by atoms with Crippen LogP contribution in [0.25, 0.3) is 0 Å². The van der Waals surface area contributed by atoms with E-state index in [1.807, 2.05) is 11.8 Å². The minimum Gasteiger partial charge on any atom is -0.352 e. The van der Waals surface area contributed by atoms with Crippen molar-refractivity contribution in [1.29, 1.82) is 0 Å². The van der Waals surface area contributed by atoms with Crippen LogP contribution in [0, 0.1) is 0 Å². The molecule has 1 aromatic rings. The molecule has 1 heterocycles. The summed E-state index contributed by atoms with van der Waals surface area (Å²) in [5.41, 5.74) is 2.96. The van der Waals surface area contributed by atoms with Gasteiger partial charge in [0.25, 0.3) is 5.91 Å². The summed E-state index contributed by atoms with van der Waals surface area (Å²) < 4.78 is 0. The number of nitrogen functional groups attached to an aromatic ring is 1. The number of pyridine rings is 1. The highest BCUT2D eigenvalue weighted by molar-refractivity contribution is 7.98. The number of carbonyl (C=O) groups excluding carboxylic acids is 1. The smallest absolute Gasteiger partial charge is 0.252 e. The Balaban J connectivity index is 2.31. The minimum absolute atomic E-state index is 0.0924. The van der Waals surface area contributed by atoms with Gasteiger partial charge in [0.05, 0.1) is 5.56 Å². The predicted octanol–water partition coefficient (Wildman–Crippen LogP) is 1.24. The summed E-state index contributed by atoms with van der Waals surface area (Å²) in [6, 6.07) is 3.36. The van der Waals surface area contributed by atoms with Gasteiger partial charge in [-0.1, -0.05) is 0 Å². The Kier molecular flexibility index (Phi) is 6.42. The van der Waals surface area contributed by atoms with Crippen molar-refractivity contribution < 1.29 is 4.79 Å². The number of amides is 1. The van der Waals surface area contributed by atoms with Crippen molar-refractivity contribution in [2.45, 2.75) is 12.8 Å². The number of carbonyl (C=O) groups is 1. The van der Waals surface area contributed by atoms with Crippen LogP contribution in [0.15, 0.2) is 18.3 Å². The summed E-state index contributed by atoms with van der Waals surface area (Å²) in [7, 11) is 0. The lowest BCUT2D eigenvalue weighted by Gasteiger charge is -2.05. The monoisotopic (exact) mass is 254 g/mol. The van der Waals surface area contributed by atoms with Crippen LogP contribution in [0.1, 0.15) is 23.2 Å². The molecule has 0 radical (unpaired) electrons. The third-order valence-electron chi connectivity index (χ3n) is 2.23. The van der Waals surface area contributed by atoms with Gasteiger partial charge < -0.3 is 10.7 Å². The molecular weight excluding hydrogens is 236 g/mol. The SMILES string of the molecule is CSCCCCNC(=O)c1ccc(NN)nc1. The normalized spacial score (nSPS) is 10.0. The number of anilines is 1. The molecule has 6 heteroatoms. The molecule has 5 nitrogen and oxygen atoms in total. The summed E-state index contributed by atoms with van der Waals surface area (Å²) in [5.74, 6) is 6.77. The second kappa shape index (κ2) is 7.92. The van der Waals surface area contributed by atoms with E-state index in [9.17, 15) is 4.79 Å². The molecule has 4 N–H and O–H groups in total. The number of aromatic nitrogens is 1. The average molecular weight is 254 g/mol. The molecule has 1 amide bonds. The van der Waals surface area contributed by atoms with Crippen molar-refractivity contribution in [1.82, 2.24) is 10.3 Å². The van der Waals surface area contributed by atoms with E-state index < -0.39 is 0 Å². The van der Waals surface area contributed by atoms with E-state index in [0.29, 0.717) is 17.9 Å². The van der Waals surface area contributed by atoms with Gasteiger partial charge in [-0.05, 0) is 37.0 Å². The van der Waals surface area contributed by atoms with E-state index in [4.69, 9.17) is 5.84 Å². The lowest BCUT2D eigenvalue weighted by molar-refractivity contribution is 0.0953. The second-order valence-electron chi connectivity index (χ2n) is 3.53. The highest BCUT2D eigenvalue weighted by Gasteiger charge is 2.04. The van der Waals surface area contributed by atoms with Gasteiger partial charge in [-0.3, -0.25) is 4.79 Å². The number of hydrazine groups is 1. The van der Waals surface area contributed by atoms with Crippen LogP contribution in [-0.4, -0.2) is 29.4 Å². The van der Waals surface area contributed by atoms with Crippen LogP contribution in [0.5, 0.6) is 0 Å². The summed E-state index contributed by atoms with van der Waals surface area (Å²) in [6.45, 7) is 0.705. The number of nitrogens with two attached hydrogens (primary N) is 1. The third kappa shape index (κ3) is 5.06. The molecule has 0 bridgehead atoms. The number of nitrogens with zero attached hydrogens (tertiary/aromatic N) is 1. The fraction of sp³-hybridized carbons (Fsp3) is 0.455. The van der Waals surface area contributed by atoms with Crippen LogP contribution >= 0.6 is 11.8 Å². The Bertz CT molecular complexity index is 342. The molecule has 0 aromatic carbocycles. The molecule has 17 heavy (non-hydrogen) atoms. The van der Waals surface area contributed by atoms with E-state index in [-0.39, 0.29) is 5.91 Å². The van der Waals surface area contributed by atoms with Gasteiger partial charge in [0, 0.05) is 12.7 Å². The van der Waals surface area contributed by atoms with Gasteiger partial charge in [-0.25, -0.2) is 10.8 Å². The topological polar surface area (TPSA) is 80.0 Å². The highest BCUT2D eigenvalue weighted by atomic mass is 32.2. The molecule has 0 fully saturated rings. The Morgan fingerprint density at radius 2 is 2.29 bits per heavy atom. The zero-order valence-electron chi connectivity index (χ0n) is 9.90. The van der Waals surface area contributed by atoms with E-state index in [2.05, 4.69) is 22.0 Å². The van der Waals surface area contributed by atoms with Crippen LogP contribution in [0.4, 0.5) is 5.82 Å². The van der Waals surface area contributed by atoms with Crippen molar-refractivity contribution in [3.05, 3.63) is 23.9 Å². The maximum absolute atomic E-state index is 11.7. The molecular formula is C11H18N4OS. The van der Waals surface area contributed by atoms with Crippen LogP contribution in [0.2, 0.25) is 0 Å². The number of unbranched alkanes of at least 4 members (excludes halogenated alkanes) is 1. The molecule has 0 unspecified atom stereocenters. The standard InChI is InChI=1S/C11H18N4OS/c1-17-7-3-2-6-13-11(16)9-4-5-10(15-12)14-8-9/h4-5,8H,2-3,6-7,12H2,1H3,(H,13,16)(H,14,15). The number of thioether (sulfide) groups is 1. The van der Waals surface area contributed by atoms with E-state index in [1.54, 1.807) is 12.1 Å². The first-order valence-electron chi connectivity index (χ1n) is 5.47. The molecule has 94 valence electrons. The van der Waals surface area contributed by atoms with Gasteiger partial charge in [-0.15, -0.1) is 0 Å². The lowest BCUT2D eigenvalue weighted by atomic mass is 10.2. The average Bonchev–Trinajstić information content (AvgIpc) is 2.38. The molecule has 0 spiro atoms. The summed E-state index contributed by atoms with van der Waals surface area (Å²) in [5, 5.41) is 2.86. The first-order valence-corrected chi connectivity index (χ1v) is 6.87. The second-order valence-corrected chi connectivity index (χ2v) is 4.52. The first kappa shape index (κ1) is 13.8. The number of hydrogen-bond donors (Lipinski definition) is 3. The van der Waals surface area contributed by atoms with Gasteiger partial charge in [0.1, 0.15) is 5.82 Å². The zero-order chi connectivity index (χ0) is 12.5. The number of hydrogen-bond acceptors (Lipinski definition) is 5. The maximum atomic E-state index is 11.7. The quantitative estimate of drug-likeness (QED) is 0.387. The molecule has 0 aliphatic heterocycles. The molecule has 1 aromatic heterocycles. The van der Waals surface area contributed by atoms with Gasteiger partial charge in [0.2, 0.25) is 0 Å². The first-order chi connectivity index (χ1) is 8.27. The van der Waals surface area contributed by atoms with Crippen molar-refractivity contribution in [2.75, 3.05) is 24.0 Å². The third-order valence-corrected chi connectivity index (χ3v) is 2.93. The summed E-state index contributed by atoms with van der Waals surface area (Å²) >= 11 is 1.82. The van der Waals surface area contributed by atoms with Crippen LogP contribution < -0.4 is 16.6 Å². The Morgan fingerprint density at radius 1 is 1.47 bits per heavy atom. The fourth-order valence-corrected chi connectivity index (χ4v) is 1.78. The van der Waals surface area contributed by atoms with E-state index >= 15 is 0 Å². The van der Waals surface area contributed by atoms with Crippen molar-refractivity contribution in [3.63, 3.8) is 0 Å². The molecule has 0 atom stereocenters. The van der Waals surface area contributed by atoms with Gasteiger partial charge in [-0.2, -0.15) is 11.8 Å². The van der Waals surface area contributed by atoms with Crippen LogP contribution in [0.3, 0.4) is 0 Å². The predicted molar refractivity (Wildman–Crippen MR) is 72.0 cm³/mol. The van der Waals surface area contributed by atoms with E-state index in [1.165, 1.54) is 6.20 Å². The molecule has 1 rings (SSSR count). The molecule has 0 aliphatic rings. The minimum atomic E-state index is -0.0924. The Morgan fingerprint density at radius 3 is 2.88 bits per heavy atom. The molecule has 0 saturated carbocycles. The molecule has 0 aliphatic carbocycles. The Labute approximate surface area is 106 Å². The lowest BCUT2D eigenvalue weighted by Crippen LogP contribution is -2.24. The van der Waals surface area contributed by atoms with Crippen LogP contribution in [-0.2, 0) is 0 Å². The largest absolute Gasteiger partial charge is 0.352 e. The maximum Gasteiger partial charge on any atom is 0.252 e. The van der Waals surface area contributed by atoms with Crippen molar-refractivity contribution >= 4 is 23.5 Å². The van der Waals surface area contributed by atoms with Gasteiger partial charge in [0.15, 0.2) is 0 Å².